The van der Waals surface area contributed by atoms with E-state index in [1.54, 1.807) is 28.7 Å². The lowest BCUT2D eigenvalue weighted by atomic mass is 10.4. The third kappa shape index (κ3) is 4.04. The molecule has 0 atom stereocenters. The maximum Gasteiger partial charge on any atom is 0.244 e. The SMILES string of the molecule is Cc1nc(/C=C/C(=O)NCc2ccc(Br)s2)cs1. The Kier molecular flexibility index (Phi) is 4.68. The van der Waals surface area contributed by atoms with Gasteiger partial charge in [-0.15, -0.1) is 22.7 Å². The van der Waals surface area contributed by atoms with E-state index in [4.69, 9.17) is 0 Å². The van der Waals surface area contributed by atoms with Gasteiger partial charge in [0.25, 0.3) is 0 Å². The number of nitrogens with one attached hydrogen (secondary N) is 1. The van der Waals surface area contributed by atoms with E-state index in [-0.39, 0.29) is 5.91 Å². The summed E-state index contributed by atoms with van der Waals surface area (Å²) in [5, 5.41) is 5.75. The summed E-state index contributed by atoms with van der Waals surface area (Å²) in [6, 6.07) is 3.96. The average molecular weight is 343 g/mol. The van der Waals surface area contributed by atoms with Crippen LogP contribution in [-0.4, -0.2) is 10.9 Å². The Morgan fingerprint density at radius 2 is 2.39 bits per heavy atom. The highest BCUT2D eigenvalue weighted by atomic mass is 79.9. The summed E-state index contributed by atoms with van der Waals surface area (Å²) in [5.41, 5.74) is 0.825. The summed E-state index contributed by atoms with van der Waals surface area (Å²) in [6.45, 7) is 2.49. The van der Waals surface area contributed by atoms with Crippen LogP contribution in [0.2, 0.25) is 0 Å². The molecule has 3 nitrogen and oxygen atoms in total. The summed E-state index contributed by atoms with van der Waals surface area (Å²) < 4.78 is 1.07. The summed E-state index contributed by atoms with van der Waals surface area (Å²) in [6.07, 6.45) is 3.24. The number of aromatic nitrogens is 1. The number of thiazole rings is 1. The van der Waals surface area contributed by atoms with Crippen molar-refractivity contribution in [2.75, 3.05) is 0 Å². The first-order valence-corrected chi connectivity index (χ1v) is 7.74. The van der Waals surface area contributed by atoms with Crippen LogP contribution in [0.25, 0.3) is 6.08 Å². The number of carbonyl (C=O) groups excluding carboxylic acids is 1. The Morgan fingerprint density at radius 3 is 3.00 bits per heavy atom. The zero-order valence-corrected chi connectivity index (χ0v) is 12.9. The molecule has 0 aliphatic rings. The molecule has 18 heavy (non-hydrogen) atoms. The molecule has 0 unspecified atom stereocenters. The molecule has 0 aromatic carbocycles. The van der Waals surface area contributed by atoms with Gasteiger partial charge in [0.1, 0.15) is 0 Å². The topological polar surface area (TPSA) is 42.0 Å². The standard InChI is InChI=1S/C12H11BrN2OS2/c1-8-15-9(7-17-8)2-5-12(16)14-6-10-3-4-11(13)18-10/h2-5,7H,6H2,1H3,(H,14,16)/b5-2+. The monoisotopic (exact) mass is 342 g/mol. The Morgan fingerprint density at radius 1 is 1.56 bits per heavy atom. The highest BCUT2D eigenvalue weighted by Gasteiger charge is 2.00. The number of nitrogens with zero attached hydrogens (tertiary/aromatic N) is 1. The van der Waals surface area contributed by atoms with Crippen molar-refractivity contribution in [3.8, 4) is 0 Å². The number of hydrogen-bond donors (Lipinski definition) is 1. The highest BCUT2D eigenvalue weighted by molar-refractivity contribution is 9.11. The molecule has 0 aliphatic heterocycles. The number of amides is 1. The lowest BCUT2D eigenvalue weighted by Gasteiger charge is -1.98. The molecule has 6 heteroatoms. The molecule has 94 valence electrons. The molecule has 1 amide bonds. The van der Waals surface area contributed by atoms with Gasteiger partial charge in [0.15, 0.2) is 0 Å². The number of aryl methyl sites for hydroxylation is 1. The van der Waals surface area contributed by atoms with Gasteiger partial charge in [0, 0.05) is 16.3 Å². The van der Waals surface area contributed by atoms with Crippen molar-refractivity contribution in [1.29, 1.82) is 0 Å². The number of hydrogen-bond acceptors (Lipinski definition) is 4. The van der Waals surface area contributed by atoms with Crippen LogP contribution in [0, 0.1) is 6.92 Å². The number of carbonyl (C=O) groups is 1. The fourth-order valence-corrected chi connectivity index (χ4v) is 3.30. The maximum absolute atomic E-state index is 11.6. The van der Waals surface area contributed by atoms with Crippen molar-refractivity contribution in [3.63, 3.8) is 0 Å². The summed E-state index contributed by atoms with van der Waals surface area (Å²) >= 11 is 6.57. The maximum atomic E-state index is 11.6. The fraction of sp³-hybridized carbons (Fsp3) is 0.167. The van der Waals surface area contributed by atoms with Crippen LogP contribution in [-0.2, 0) is 11.3 Å². The molecule has 2 heterocycles. The third-order valence-electron chi connectivity index (χ3n) is 2.11. The Hall–Kier alpha value is -0.980. The molecule has 0 saturated heterocycles. The minimum Gasteiger partial charge on any atom is -0.348 e. The van der Waals surface area contributed by atoms with Gasteiger partial charge in [0.2, 0.25) is 5.91 Å². The first-order chi connectivity index (χ1) is 8.63. The van der Waals surface area contributed by atoms with E-state index >= 15 is 0 Å². The van der Waals surface area contributed by atoms with E-state index in [1.165, 1.54) is 6.08 Å². The normalized spacial score (nSPS) is 11.0. The van der Waals surface area contributed by atoms with E-state index in [2.05, 4.69) is 26.2 Å². The van der Waals surface area contributed by atoms with Gasteiger partial charge in [-0.1, -0.05) is 0 Å². The molecule has 2 aromatic heterocycles. The summed E-state index contributed by atoms with van der Waals surface area (Å²) in [5.74, 6) is -0.106. The third-order valence-corrected chi connectivity index (χ3v) is 4.52. The van der Waals surface area contributed by atoms with Crippen molar-refractivity contribution in [2.24, 2.45) is 0 Å². The molecule has 0 aliphatic carbocycles. The van der Waals surface area contributed by atoms with Crippen LogP contribution < -0.4 is 5.32 Å². The largest absolute Gasteiger partial charge is 0.348 e. The number of rotatable bonds is 4. The van der Waals surface area contributed by atoms with Crippen LogP contribution in [0.15, 0.2) is 27.4 Å². The molecule has 0 fully saturated rings. The van der Waals surface area contributed by atoms with Crippen LogP contribution in [0.3, 0.4) is 0 Å². The zero-order valence-electron chi connectivity index (χ0n) is 9.64. The molecular formula is C12H11BrN2OS2. The molecule has 2 aromatic rings. The van der Waals surface area contributed by atoms with Crippen molar-refractivity contribution >= 4 is 50.6 Å². The second-order valence-electron chi connectivity index (χ2n) is 3.55. The van der Waals surface area contributed by atoms with Gasteiger partial charge in [-0.05, 0) is 41.1 Å². The number of halogens is 1. The minimum absolute atomic E-state index is 0.106. The zero-order chi connectivity index (χ0) is 13.0. The number of thiophene rings is 1. The minimum atomic E-state index is -0.106. The van der Waals surface area contributed by atoms with Gasteiger partial charge in [0.05, 0.1) is 21.0 Å². The second kappa shape index (κ2) is 6.26. The average Bonchev–Trinajstić information content (AvgIpc) is 2.93. The van der Waals surface area contributed by atoms with E-state index < -0.39 is 0 Å². The van der Waals surface area contributed by atoms with E-state index in [9.17, 15) is 4.79 Å². The predicted molar refractivity (Wildman–Crippen MR) is 79.8 cm³/mol. The van der Waals surface area contributed by atoms with E-state index in [1.807, 2.05) is 24.4 Å². The molecule has 2 rings (SSSR count). The van der Waals surface area contributed by atoms with E-state index in [0.717, 1.165) is 19.4 Å². The fourth-order valence-electron chi connectivity index (χ4n) is 1.30. The van der Waals surface area contributed by atoms with Crippen molar-refractivity contribution in [2.45, 2.75) is 13.5 Å². The second-order valence-corrected chi connectivity index (χ2v) is 7.16. The smallest absolute Gasteiger partial charge is 0.244 e. The lowest BCUT2D eigenvalue weighted by Crippen LogP contribution is -2.19. The van der Waals surface area contributed by atoms with Gasteiger partial charge in [-0.2, -0.15) is 0 Å². The summed E-state index contributed by atoms with van der Waals surface area (Å²) in [4.78, 5) is 16.9. The van der Waals surface area contributed by atoms with Crippen LogP contribution in [0.4, 0.5) is 0 Å². The quantitative estimate of drug-likeness (QED) is 0.862. The van der Waals surface area contributed by atoms with Gasteiger partial charge >= 0.3 is 0 Å². The Balaban J connectivity index is 1.83. The molecule has 0 radical (unpaired) electrons. The van der Waals surface area contributed by atoms with Crippen molar-refractivity contribution in [1.82, 2.24) is 10.3 Å². The Labute approximate surface area is 122 Å². The van der Waals surface area contributed by atoms with Gasteiger partial charge < -0.3 is 5.32 Å². The van der Waals surface area contributed by atoms with Gasteiger partial charge in [-0.3, -0.25) is 4.79 Å². The lowest BCUT2D eigenvalue weighted by molar-refractivity contribution is -0.116. The predicted octanol–water partition coefficient (Wildman–Crippen LogP) is 3.61. The summed E-state index contributed by atoms with van der Waals surface area (Å²) in [7, 11) is 0. The first kappa shape index (κ1) is 13.5. The molecule has 0 spiro atoms. The molecule has 0 saturated carbocycles. The van der Waals surface area contributed by atoms with Crippen LogP contribution in [0.5, 0.6) is 0 Å². The molecular weight excluding hydrogens is 332 g/mol. The van der Waals surface area contributed by atoms with E-state index in [0.29, 0.717) is 6.54 Å². The van der Waals surface area contributed by atoms with Crippen LogP contribution in [0.1, 0.15) is 15.6 Å². The van der Waals surface area contributed by atoms with Crippen molar-refractivity contribution < 1.29 is 4.79 Å². The van der Waals surface area contributed by atoms with Crippen molar-refractivity contribution in [3.05, 3.63) is 43.0 Å². The van der Waals surface area contributed by atoms with Gasteiger partial charge in [-0.25, -0.2) is 4.98 Å². The molecule has 0 bridgehead atoms. The highest BCUT2D eigenvalue weighted by Crippen LogP contribution is 2.21. The first-order valence-electron chi connectivity index (χ1n) is 5.26. The Bertz CT molecular complexity index is 574. The van der Waals surface area contributed by atoms with Crippen LogP contribution >= 0.6 is 38.6 Å². The molecule has 1 N–H and O–H groups in total.